The molecule has 0 N–H and O–H groups in total. The van der Waals surface area contributed by atoms with Gasteiger partial charge in [0.25, 0.3) is 5.91 Å². The summed E-state index contributed by atoms with van der Waals surface area (Å²) >= 11 is 1.74. The quantitative estimate of drug-likeness (QED) is 0.531. The van der Waals surface area contributed by atoms with Crippen LogP contribution in [0.3, 0.4) is 0 Å². The summed E-state index contributed by atoms with van der Waals surface area (Å²) < 4.78 is 10.5. The second-order valence-electron chi connectivity index (χ2n) is 6.76. The van der Waals surface area contributed by atoms with E-state index < -0.39 is 5.97 Å². The van der Waals surface area contributed by atoms with E-state index in [0.717, 1.165) is 17.0 Å². The van der Waals surface area contributed by atoms with Gasteiger partial charge in [-0.25, -0.2) is 4.79 Å². The minimum absolute atomic E-state index is 0.0441. The maximum absolute atomic E-state index is 12.7. The Hall–Kier alpha value is -2.80. The van der Waals surface area contributed by atoms with Gasteiger partial charge in [0, 0.05) is 22.3 Å². The van der Waals surface area contributed by atoms with Gasteiger partial charge in [-0.05, 0) is 49.7 Å². The fourth-order valence-corrected chi connectivity index (χ4v) is 4.05. The van der Waals surface area contributed by atoms with Crippen molar-refractivity contribution in [1.29, 1.82) is 0 Å². The SMILES string of the molecule is CC(=O)c1ccc(OCC(=O)OCC(=O)N2CC[C@@H](C)Sc3ccccc32)cc1. The van der Waals surface area contributed by atoms with Crippen LogP contribution < -0.4 is 9.64 Å². The molecule has 0 bridgehead atoms. The van der Waals surface area contributed by atoms with Crippen molar-refractivity contribution >= 4 is 35.1 Å². The molecule has 3 rings (SSSR count). The lowest BCUT2D eigenvalue weighted by Crippen LogP contribution is -2.36. The number of nitrogens with zero attached hydrogens (tertiary/aromatic N) is 1. The van der Waals surface area contributed by atoms with E-state index in [1.807, 2.05) is 24.3 Å². The summed E-state index contributed by atoms with van der Waals surface area (Å²) in [5.74, 6) is -0.478. The number of ketones is 1. The number of rotatable bonds is 6. The molecule has 0 saturated carbocycles. The molecule has 152 valence electrons. The summed E-state index contributed by atoms with van der Waals surface area (Å²) in [6.45, 7) is 3.55. The number of Topliss-reactive ketones (excluding diaryl/α,β-unsaturated/α-hetero) is 1. The number of para-hydroxylation sites is 1. The summed E-state index contributed by atoms with van der Waals surface area (Å²) in [6, 6.07) is 14.2. The monoisotopic (exact) mass is 413 g/mol. The van der Waals surface area contributed by atoms with Gasteiger partial charge in [0.2, 0.25) is 0 Å². The van der Waals surface area contributed by atoms with Crippen molar-refractivity contribution in [2.75, 3.05) is 24.7 Å². The van der Waals surface area contributed by atoms with Crippen LogP contribution in [0.25, 0.3) is 0 Å². The van der Waals surface area contributed by atoms with Crippen LogP contribution >= 0.6 is 11.8 Å². The number of amides is 1. The zero-order valence-electron chi connectivity index (χ0n) is 16.4. The Morgan fingerprint density at radius 2 is 1.79 bits per heavy atom. The van der Waals surface area contributed by atoms with Gasteiger partial charge >= 0.3 is 5.97 Å². The first-order valence-electron chi connectivity index (χ1n) is 9.39. The largest absolute Gasteiger partial charge is 0.482 e. The number of anilines is 1. The van der Waals surface area contributed by atoms with E-state index in [1.165, 1.54) is 6.92 Å². The highest BCUT2D eigenvalue weighted by atomic mass is 32.2. The predicted molar refractivity (Wildman–Crippen MR) is 112 cm³/mol. The predicted octanol–water partition coefficient (Wildman–Crippen LogP) is 3.73. The van der Waals surface area contributed by atoms with Crippen molar-refractivity contribution < 1.29 is 23.9 Å². The maximum atomic E-state index is 12.7. The lowest BCUT2D eigenvalue weighted by atomic mass is 10.1. The van der Waals surface area contributed by atoms with Crippen LogP contribution in [0.15, 0.2) is 53.4 Å². The summed E-state index contributed by atoms with van der Waals surface area (Å²) in [5, 5.41) is 0.402. The lowest BCUT2D eigenvalue weighted by Gasteiger charge is -2.22. The first-order chi connectivity index (χ1) is 13.9. The molecule has 29 heavy (non-hydrogen) atoms. The molecule has 0 aromatic heterocycles. The highest BCUT2D eigenvalue weighted by Crippen LogP contribution is 2.37. The van der Waals surface area contributed by atoms with Gasteiger partial charge in [-0.2, -0.15) is 0 Å². The first kappa shape index (κ1) is 20.9. The van der Waals surface area contributed by atoms with Crippen LogP contribution in [0.4, 0.5) is 5.69 Å². The number of ether oxygens (including phenoxy) is 2. The summed E-state index contributed by atoms with van der Waals surface area (Å²) in [7, 11) is 0. The highest BCUT2D eigenvalue weighted by Gasteiger charge is 2.24. The fourth-order valence-electron chi connectivity index (χ4n) is 2.94. The third-order valence-electron chi connectivity index (χ3n) is 4.52. The maximum Gasteiger partial charge on any atom is 0.344 e. The van der Waals surface area contributed by atoms with E-state index in [-0.39, 0.29) is 24.9 Å². The molecule has 1 atom stereocenters. The molecule has 7 heteroatoms. The number of fused-ring (bicyclic) bond motifs is 1. The third kappa shape index (κ3) is 5.60. The van der Waals surface area contributed by atoms with E-state index in [4.69, 9.17) is 9.47 Å². The fraction of sp³-hybridized carbons (Fsp3) is 0.318. The molecule has 0 radical (unpaired) electrons. The van der Waals surface area contributed by atoms with Crippen LogP contribution in [0.5, 0.6) is 5.75 Å². The molecule has 0 saturated heterocycles. The number of carbonyl (C=O) groups is 3. The number of benzene rings is 2. The number of thioether (sulfide) groups is 1. The van der Waals surface area contributed by atoms with Crippen LogP contribution in [0.2, 0.25) is 0 Å². The van der Waals surface area contributed by atoms with Gasteiger partial charge < -0.3 is 14.4 Å². The zero-order chi connectivity index (χ0) is 20.8. The van der Waals surface area contributed by atoms with Gasteiger partial charge in [-0.3, -0.25) is 9.59 Å². The molecule has 0 fully saturated rings. The van der Waals surface area contributed by atoms with Crippen molar-refractivity contribution in [2.24, 2.45) is 0 Å². The minimum atomic E-state index is -0.625. The molecule has 0 aliphatic carbocycles. The number of carbonyl (C=O) groups excluding carboxylic acids is 3. The molecule has 1 aliphatic rings. The molecular weight excluding hydrogens is 390 g/mol. The molecule has 0 unspecified atom stereocenters. The van der Waals surface area contributed by atoms with Crippen molar-refractivity contribution in [3.63, 3.8) is 0 Å². The normalized spacial score (nSPS) is 15.8. The Morgan fingerprint density at radius 1 is 1.07 bits per heavy atom. The second-order valence-corrected chi connectivity index (χ2v) is 8.24. The first-order valence-corrected chi connectivity index (χ1v) is 10.3. The standard InChI is InChI=1S/C22H23NO5S/c1-15-11-12-23(19-5-3-4-6-20(19)29-15)21(25)13-28-22(26)14-27-18-9-7-17(8-10-18)16(2)24/h3-10,15H,11-14H2,1-2H3/t15-/m1/s1. The summed E-state index contributed by atoms with van der Waals surface area (Å²) in [5.41, 5.74) is 1.42. The highest BCUT2D eigenvalue weighted by molar-refractivity contribution is 8.00. The summed E-state index contributed by atoms with van der Waals surface area (Å²) in [4.78, 5) is 38.6. The van der Waals surface area contributed by atoms with Gasteiger partial charge in [0.05, 0.1) is 5.69 Å². The Bertz CT molecular complexity index is 896. The topological polar surface area (TPSA) is 72.9 Å². The molecular formula is C22H23NO5S. The van der Waals surface area contributed by atoms with Crippen LogP contribution in [0, 0.1) is 0 Å². The Morgan fingerprint density at radius 3 is 2.52 bits per heavy atom. The van der Waals surface area contributed by atoms with Crippen LogP contribution in [0.1, 0.15) is 30.6 Å². The van der Waals surface area contributed by atoms with E-state index in [2.05, 4.69) is 6.92 Å². The van der Waals surface area contributed by atoms with Crippen LogP contribution in [-0.4, -0.2) is 42.7 Å². The van der Waals surface area contributed by atoms with E-state index in [0.29, 0.717) is 23.1 Å². The van der Waals surface area contributed by atoms with Gasteiger partial charge in [-0.15, -0.1) is 11.8 Å². The van der Waals surface area contributed by atoms with Crippen LogP contribution in [-0.2, 0) is 14.3 Å². The van der Waals surface area contributed by atoms with E-state index in [1.54, 1.807) is 40.9 Å². The van der Waals surface area contributed by atoms with Crippen molar-refractivity contribution in [3.8, 4) is 5.75 Å². The molecule has 6 nitrogen and oxygen atoms in total. The molecule has 2 aromatic carbocycles. The number of esters is 1. The number of hydrogen-bond donors (Lipinski definition) is 0. The van der Waals surface area contributed by atoms with Gasteiger partial charge in [0.15, 0.2) is 19.0 Å². The van der Waals surface area contributed by atoms with Crippen molar-refractivity contribution in [3.05, 3.63) is 54.1 Å². The molecule has 1 heterocycles. The minimum Gasteiger partial charge on any atom is -0.482 e. The molecule has 1 amide bonds. The van der Waals surface area contributed by atoms with E-state index >= 15 is 0 Å². The Labute approximate surface area is 174 Å². The average molecular weight is 413 g/mol. The molecule has 0 spiro atoms. The van der Waals surface area contributed by atoms with Crippen molar-refractivity contribution in [2.45, 2.75) is 30.4 Å². The lowest BCUT2D eigenvalue weighted by molar-refractivity contribution is -0.149. The Kier molecular flexibility index (Phi) is 6.93. The zero-order valence-corrected chi connectivity index (χ0v) is 17.2. The smallest absolute Gasteiger partial charge is 0.344 e. The number of hydrogen-bond acceptors (Lipinski definition) is 6. The van der Waals surface area contributed by atoms with Gasteiger partial charge in [0.1, 0.15) is 5.75 Å². The third-order valence-corrected chi connectivity index (χ3v) is 5.76. The second kappa shape index (κ2) is 9.60. The Balaban J connectivity index is 1.52. The van der Waals surface area contributed by atoms with E-state index in [9.17, 15) is 14.4 Å². The average Bonchev–Trinajstić information content (AvgIpc) is 2.89. The molecule has 2 aromatic rings. The summed E-state index contributed by atoms with van der Waals surface area (Å²) in [6.07, 6.45) is 0.860. The van der Waals surface area contributed by atoms with Crippen molar-refractivity contribution in [1.82, 2.24) is 0 Å². The van der Waals surface area contributed by atoms with Gasteiger partial charge in [-0.1, -0.05) is 19.1 Å². The molecule has 1 aliphatic heterocycles.